The number of ether oxygens (including phenoxy) is 1. The lowest BCUT2D eigenvalue weighted by Crippen LogP contribution is -2.04. The number of thiophene rings is 1. The van der Waals surface area contributed by atoms with Crippen molar-refractivity contribution in [2.45, 2.75) is 13.8 Å². The quantitative estimate of drug-likeness (QED) is 0.751. The average Bonchev–Trinajstić information content (AvgIpc) is 2.85. The fraction of sp³-hybridized carbons (Fsp3) is 0.267. The number of carbonyl (C=O) groups is 1. The SMILES string of the molecule is CC(C)COc1ccc(-c2ccc(C=O)s2)cc1. The van der Waals surface area contributed by atoms with E-state index in [1.807, 2.05) is 36.4 Å². The Balaban J connectivity index is 2.09. The lowest BCUT2D eigenvalue weighted by atomic mass is 10.2. The van der Waals surface area contributed by atoms with Crippen LogP contribution < -0.4 is 4.74 Å². The maximum atomic E-state index is 10.6. The van der Waals surface area contributed by atoms with Gasteiger partial charge in [0.1, 0.15) is 5.75 Å². The molecular formula is C15H16O2S. The zero-order valence-corrected chi connectivity index (χ0v) is 11.4. The molecule has 18 heavy (non-hydrogen) atoms. The summed E-state index contributed by atoms with van der Waals surface area (Å²) < 4.78 is 5.63. The molecule has 2 nitrogen and oxygen atoms in total. The minimum absolute atomic E-state index is 0.525. The predicted molar refractivity (Wildman–Crippen MR) is 75.5 cm³/mol. The molecule has 94 valence electrons. The van der Waals surface area contributed by atoms with E-state index < -0.39 is 0 Å². The molecule has 0 fully saturated rings. The molecule has 1 heterocycles. The molecule has 0 unspecified atom stereocenters. The van der Waals surface area contributed by atoms with Gasteiger partial charge in [-0.25, -0.2) is 0 Å². The number of carbonyl (C=O) groups excluding carboxylic acids is 1. The van der Waals surface area contributed by atoms with Crippen LogP contribution in [0.3, 0.4) is 0 Å². The summed E-state index contributed by atoms with van der Waals surface area (Å²) in [7, 11) is 0. The van der Waals surface area contributed by atoms with Crippen molar-refractivity contribution in [2.75, 3.05) is 6.61 Å². The standard InChI is InChI=1S/C15H16O2S/c1-11(2)10-17-13-5-3-12(4-6-13)15-8-7-14(9-16)18-15/h3-9,11H,10H2,1-2H3. The van der Waals surface area contributed by atoms with Crippen molar-refractivity contribution in [3.63, 3.8) is 0 Å². The molecule has 0 saturated heterocycles. The minimum atomic E-state index is 0.525. The Labute approximate surface area is 111 Å². The normalized spacial score (nSPS) is 10.6. The third-order valence-electron chi connectivity index (χ3n) is 2.47. The molecule has 2 rings (SSSR count). The van der Waals surface area contributed by atoms with Crippen LogP contribution in [0.5, 0.6) is 5.75 Å². The van der Waals surface area contributed by atoms with Crippen molar-refractivity contribution < 1.29 is 9.53 Å². The van der Waals surface area contributed by atoms with Crippen LogP contribution in [0.1, 0.15) is 23.5 Å². The smallest absolute Gasteiger partial charge is 0.160 e. The molecule has 0 atom stereocenters. The Hall–Kier alpha value is -1.61. The Morgan fingerprint density at radius 1 is 1.17 bits per heavy atom. The van der Waals surface area contributed by atoms with E-state index in [9.17, 15) is 4.79 Å². The van der Waals surface area contributed by atoms with Crippen molar-refractivity contribution in [1.82, 2.24) is 0 Å². The molecule has 2 aromatic rings. The number of benzene rings is 1. The van der Waals surface area contributed by atoms with E-state index in [1.54, 1.807) is 0 Å². The summed E-state index contributed by atoms with van der Waals surface area (Å²) in [6, 6.07) is 11.8. The highest BCUT2D eigenvalue weighted by atomic mass is 32.1. The Bertz CT molecular complexity index is 512. The predicted octanol–water partition coefficient (Wildman–Crippen LogP) is 4.26. The van der Waals surface area contributed by atoms with Gasteiger partial charge >= 0.3 is 0 Å². The van der Waals surface area contributed by atoms with Gasteiger partial charge in [0.05, 0.1) is 11.5 Å². The van der Waals surface area contributed by atoms with Gasteiger partial charge in [0, 0.05) is 4.88 Å². The number of hydrogen-bond donors (Lipinski definition) is 0. The van der Waals surface area contributed by atoms with Gasteiger partial charge in [-0.05, 0) is 47.9 Å². The highest BCUT2D eigenvalue weighted by Crippen LogP contribution is 2.28. The van der Waals surface area contributed by atoms with Gasteiger partial charge in [0.2, 0.25) is 0 Å². The van der Waals surface area contributed by atoms with E-state index >= 15 is 0 Å². The summed E-state index contributed by atoms with van der Waals surface area (Å²) in [5, 5.41) is 0. The second kappa shape index (κ2) is 5.83. The molecular weight excluding hydrogens is 244 g/mol. The lowest BCUT2D eigenvalue weighted by Gasteiger charge is -2.08. The molecule has 1 aromatic heterocycles. The van der Waals surface area contributed by atoms with Crippen LogP contribution in [-0.2, 0) is 0 Å². The third-order valence-corrected chi connectivity index (χ3v) is 3.52. The molecule has 0 saturated carbocycles. The number of rotatable bonds is 5. The second-order valence-corrected chi connectivity index (χ2v) is 5.66. The average molecular weight is 260 g/mol. The van der Waals surface area contributed by atoms with E-state index in [0.717, 1.165) is 34.0 Å². The van der Waals surface area contributed by atoms with Crippen LogP contribution in [0.4, 0.5) is 0 Å². The zero-order chi connectivity index (χ0) is 13.0. The molecule has 0 radical (unpaired) electrons. The fourth-order valence-electron chi connectivity index (χ4n) is 1.55. The van der Waals surface area contributed by atoms with Crippen LogP contribution in [-0.4, -0.2) is 12.9 Å². The van der Waals surface area contributed by atoms with Crippen molar-refractivity contribution in [3.05, 3.63) is 41.3 Å². The van der Waals surface area contributed by atoms with E-state index in [2.05, 4.69) is 13.8 Å². The first kappa shape index (κ1) is 12.8. The van der Waals surface area contributed by atoms with Gasteiger partial charge in [-0.1, -0.05) is 13.8 Å². The first-order valence-electron chi connectivity index (χ1n) is 5.97. The summed E-state index contributed by atoms with van der Waals surface area (Å²) in [5.41, 5.74) is 1.12. The first-order chi connectivity index (χ1) is 8.69. The van der Waals surface area contributed by atoms with Crippen molar-refractivity contribution >= 4 is 17.6 Å². The van der Waals surface area contributed by atoms with Gasteiger partial charge in [0.15, 0.2) is 6.29 Å². The highest BCUT2D eigenvalue weighted by Gasteiger charge is 2.03. The van der Waals surface area contributed by atoms with Crippen LogP contribution in [0.15, 0.2) is 36.4 Å². The van der Waals surface area contributed by atoms with Crippen LogP contribution in [0, 0.1) is 5.92 Å². The summed E-state index contributed by atoms with van der Waals surface area (Å²) in [4.78, 5) is 12.5. The van der Waals surface area contributed by atoms with Gasteiger partial charge in [-0.2, -0.15) is 0 Å². The van der Waals surface area contributed by atoms with Gasteiger partial charge in [-0.15, -0.1) is 11.3 Å². The Morgan fingerprint density at radius 2 is 1.89 bits per heavy atom. The second-order valence-electron chi connectivity index (χ2n) is 4.55. The summed E-state index contributed by atoms with van der Waals surface area (Å²) in [6.45, 7) is 4.98. The topological polar surface area (TPSA) is 26.3 Å². The minimum Gasteiger partial charge on any atom is -0.493 e. The highest BCUT2D eigenvalue weighted by molar-refractivity contribution is 7.17. The molecule has 0 aliphatic carbocycles. The van der Waals surface area contributed by atoms with Crippen molar-refractivity contribution in [1.29, 1.82) is 0 Å². The zero-order valence-electron chi connectivity index (χ0n) is 10.6. The fourth-order valence-corrected chi connectivity index (χ4v) is 2.38. The first-order valence-corrected chi connectivity index (χ1v) is 6.79. The summed E-state index contributed by atoms with van der Waals surface area (Å²) in [5.74, 6) is 1.41. The third kappa shape index (κ3) is 3.20. The monoisotopic (exact) mass is 260 g/mol. The van der Waals surface area contributed by atoms with Crippen LogP contribution in [0.2, 0.25) is 0 Å². The number of aldehydes is 1. The van der Waals surface area contributed by atoms with Crippen LogP contribution >= 0.6 is 11.3 Å². The molecule has 0 aliphatic rings. The molecule has 0 bridgehead atoms. The van der Waals surface area contributed by atoms with E-state index in [-0.39, 0.29) is 0 Å². The maximum absolute atomic E-state index is 10.6. The number of hydrogen-bond acceptors (Lipinski definition) is 3. The van der Waals surface area contributed by atoms with Gasteiger partial charge in [-0.3, -0.25) is 4.79 Å². The summed E-state index contributed by atoms with van der Waals surface area (Å²) >= 11 is 1.50. The van der Waals surface area contributed by atoms with Crippen molar-refractivity contribution in [2.24, 2.45) is 5.92 Å². The molecule has 3 heteroatoms. The van der Waals surface area contributed by atoms with E-state index in [0.29, 0.717) is 5.92 Å². The molecule has 0 aliphatic heterocycles. The van der Waals surface area contributed by atoms with E-state index in [4.69, 9.17) is 4.74 Å². The van der Waals surface area contributed by atoms with E-state index in [1.165, 1.54) is 11.3 Å². The molecule has 0 N–H and O–H groups in total. The molecule has 0 amide bonds. The Morgan fingerprint density at radius 3 is 2.44 bits per heavy atom. The Kier molecular flexibility index (Phi) is 4.15. The van der Waals surface area contributed by atoms with Gasteiger partial charge < -0.3 is 4.74 Å². The summed E-state index contributed by atoms with van der Waals surface area (Å²) in [6.07, 6.45) is 0.883. The molecule has 0 spiro atoms. The van der Waals surface area contributed by atoms with Crippen molar-refractivity contribution in [3.8, 4) is 16.2 Å². The maximum Gasteiger partial charge on any atom is 0.160 e. The molecule has 1 aromatic carbocycles. The lowest BCUT2D eigenvalue weighted by molar-refractivity contribution is 0.112. The van der Waals surface area contributed by atoms with Gasteiger partial charge in [0.25, 0.3) is 0 Å². The largest absolute Gasteiger partial charge is 0.493 e. The van der Waals surface area contributed by atoms with Crippen LogP contribution in [0.25, 0.3) is 10.4 Å².